The molecule has 5 heterocycles. The van der Waals surface area contributed by atoms with Crippen molar-refractivity contribution in [1.82, 2.24) is 0 Å². The lowest BCUT2D eigenvalue weighted by Crippen LogP contribution is -2.69. The van der Waals surface area contributed by atoms with Gasteiger partial charge in [0.15, 0.2) is 31.3 Å². The zero-order valence-electron chi connectivity index (χ0n) is 50.0. The Morgan fingerprint density at radius 3 is 1.66 bits per heavy atom. The number of rotatable bonds is 12. The van der Waals surface area contributed by atoms with Crippen molar-refractivity contribution in [3.05, 3.63) is 11.6 Å². The van der Waals surface area contributed by atoms with Crippen LogP contribution in [0.4, 0.5) is 0 Å². The van der Waals surface area contributed by atoms with E-state index in [-0.39, 0.29) is 41.6 Å². The largest absolute Gasteiger partial charge is 0.432 e. The normalized spacial score (nSPS) is 56.1. The summed E-state index contributed by atoms with van der Waals surface area (Å²) in [6, 6.07) is 0. The van der Waals surface area contributed by atoms with Gasteiger partial charge in [0.25, 0.3) is 0 Å². The molecule has 26 heteroatoms. The van der Waals surface area contributed by atoms with E-state index in [4.69, 9.17) is 47.4 Å². The number of aliphatic hydroxyl groups excluding tert-OH is 14. The number of carbonyl (C=O) groups excluding carboxylic acids is 1. The van der Waals surface area contributed by atoms with E-state index in [0.717, 1.165) is 18.4 Å². The molecule has 5 aliphatic heterocycles. The van der Waals surface area contributed by atoms with Crippen LogP contribution in [0.1, 0.15) is 120 Å². The van der Waals surface area contributed by atoms with Gasteiger partial charge < -0.3 is 124 Å². The number of hydrogen-bond donors (Lipinski definition) is 15. The monoisotopic (exact) mass is 1220 g/mol. The Kier molecular flexibility index (Phi) is 18.7. The van der Waals surface area contributed by atoms with Gasteiger partial charge in [-0.15, -0.1) is 0 Å². The number of esters is 1. The minimum absolute atomic E-state index is 0.0282. The summed E-state index contributed by atoms with van der Waals surface area (Å²) in [5.41, 5.74) is -3.68. The number of allylic oxidation sites excluding steroid dienone is 1. The summed E-state index contributed by atoms with van der Waals surface area (Å²) < 4.78 is 61.3. The summed E-state index contributed by atoms with van der Waals surface area (Å²) in [7, 11) is 0. The first kappa shape index (κ1) is 66.2. The molecule has 85 heavy (non-hydrogen) atoms. The fourth-order valence-electron chi connectivity index (χ4n) is 17.8. The quantitative estimate of drug-likeness (QED) is 0.0544. The Morgan fingerprint density at radius 1 is 0.541 bits per heavy atom. The maximum atomic E-state index is 15.4. The predicted molar refractivity (Wildman–Crippen MR) is 288 cm³/mol. The first-order chi connectivity index (χ1) is 39.7. The molecule has 0 bridgehead atoms. The standard InChI is InChI=1S/C59H96O26/c1-23-12-17-59(53(74)85-52-45(40(70)36(66)29(21-61)80-52)83-48-41(71)37(67)33(63)24(2)77-48)19-18-56(7)26(47(59)58(23,9)75)10-11-31-55(6)15-14-32(54(4,5)30(55)13-16-57(31,56)8)81-51-46(84-49-42(72)38(68)34(64)25(3)78-49)44(27(62)22-76-51)82-50-43(73)39(69)35(65)28(20-60)79-50/h10,23-25,27-52,60-73,75H,11-22H2,1-9H3/t23-,24+,25+,27+,28-,29-,30+,31-,32?,33+,34+,35-,36-,37-,38-,39+,40+,41-,42-,43-,44+,45-,46-,47-,48+,49+,50+,51+,52+,55+,56-,57-,58-,59+/m1/s1. The zero-order chi connectivity index (χ0) is 62.2. The summed E-state index contributed by atoms with van der Waals surface area (Å²) in [5, 5.41) is 164. The molecule has 1 unspecified atom stereocenters. The number of fused-ring (bicyclic) bond motifs is 7. The summed E-state index contributed by atoms with van der Waals surface area (Å²) >= 11 is 0. The van der Waals surface area contributed by atoms with Crippen LogP contribution in [0.3, 0.4) is 0 Å². The third-order valence-electron chi connectivity index (χ3n) is 23.5. The molecule has 4 saturated carbocycles. The highest BCUT2D eigenvalue weighted by molar-refractivity contribution is 5.79. The minimum atomic E-state index is -1.86. The highest BCUT2D eigenvalue weighted by atomic mass is 16.8. The first-order valence-corrected chi connectivity index (χ1v) is 30.6. The van der Waals surface area contributed by atoms with Crippen LogP contribution < -0.4 is 0 Å². The van der Waals surface area contributed by atoms with Crippen LogP contribution in [-0.2, 0) is 52.2 Å². The summed E-state index contributed by atoms with van der Waals surface area (Å²) in [6.07, 6.45) is -31.7. The van der Waals surface area contributed by atoms with E-state index in [0.29, 0.717) is 38.5 Å². The van der Waals surface area contributed by atoms with Crippen LogP contribution in [0.2, 0.25) is 0 Å². The number of carbonyl (C=O) groups is 1. The Balaban J connectivity index is 0.916. The van der Waals surface area contributed by atoms with Crippen LogP contribution >= 0.6 is 0 Å². The van der Waals surface area contributed by atoms with Crippen molar-refractivity contribution < 1.29 is 129 Å². The van der Waals surface area contributed by atoms with E-state index in [1.165, 1.54) is 13.8 Å². The Hall–Kier alpha value is -1.75. The van der Waals surface area contributed by atoms with Crippen molar-refractivity contribution in [1.29, 1.82) is 0 Å². The van der Waals surface area contributed by atoms with Gasteiger partial charge in [0.05, 0.1) is 49.1 Å². The van der Waals surface area contributed by atoms with Gasteiger partial charge in [0.1, 0.15) is 97.7 Å². The molecule has 10 rings (SSSR count). The highest BCUT2D eigenvalue weighted by Crippen LogP contribution is 2.76. The molecule has 15 N–H and O–H groups in total. The second kappa shape index (κ2) is 24.1. The third-order valence-corrected chi connectivity index (χ3v) is 23.5. The molecule has 0 radical (unpaired) electrons. The van der Waals surface area contributed by atoms with Crippen LogP contribution in [0, 0.1) is 50.7 Å². The molecular weight excluding hydrogens is 1120 g/mol. The van der Waals surface area contributed by atoms with E-state index in [2.05, 4.69) is 40.7 Å². The fourth-order valence-corrected chi connectivity index (χ4v) is 17.8. The molecule has 5 saturated heterocycles. The predicted octanol–water partition coefficient (Wildman–Crippen LogP) is -2.55. The van der Waals surface area contributed by atoms with Gasteiger partial charge in [-0.25, -0.2) is 0 Å². The molecular formula is C59H96O26. The average Bonchev–Trinajstić information content (AvgIpc) is 0.682. The molecule has 488 valence electrons. The minimum Gasteiger partial charge on any atom is -0.432 e. The van der Waals surface area contributed by atoms with Crippen molar-refractivity contribution in [3.8, 4) is 0 Å². The van der Waals surface area contributed by atoms with Gasteiger partial charge in [-0.3, -0.25) is 4.79 Å². The van der Waals surface area contributed by atoms with Crippen LogP contribution in [0.25, 0.3) is 0 Å². The average molecular weight is 1220 g/mol. The summed E-state index contributed by atoms with van der Waals surface area (Å²) in [6.45, 7) is 15.9. The van der Waals surface area contributed by atoms with Crippen molar-refractivity contribution >= 4 is 5.97 Å². The fraction of sp³-hybridized carbons (Fsp3) is 0.949. The zero-order valence-corrected chi connectivity index (χ0v) is 50.0. The van der Waals surface area contributed by atoms with Crippen molar-refractivity contribution in [2.75, 3.05) is 19.8 Å². The number of ether oxygens (including phenoxy) is 10. The first-order valence-electron chi connectivity index (χ1n) is 30.6. The van der Waals surface area contributed by atoms with Crippen molar-refractivity contribution in [2.45, 2.75) is 279 Å². The maximum Gasteiger partial charge on any atom is 0.315 e. The molecule has 9 fully saturated rings. The van der Waals surface area contributed by atoms with Crippen LogP contribution in [0.5, 0.6) is 0 Å². The Morgan fingerprint density at radius 2 is 1.07 bits per heavy atom. The second-order valence-electron chi connectivity index (χ2n) is 28.3. The van der Waals surface area contributed by atoms with Gasteiger partial charge in [-0.05, 0) is 118 Å². The number of aliphatic hydroxyl groups is 15. The molecule has 26 nitrogen and oxygen atoms in total. The Labute approximate surface area is 494 Å². The highest BCUT2D eigenvalue weighted by Gasteiger charge is 2.72. The van der Waals surface area contributed by atoms with Gasteiger partial charge in [0.2, 0.25) is 6.29 Å². The molecule has 34 atom stereocenters. The van der Waals surface area contributed by atoms with E-state index in [1.807, 2.05) is 6.92 Å². The lowest BCUT2D eigenvalue weighted by Gasteiger charge is -2.72. The smallest absolute Gasteiger partial charge is 0.315 e. The third kappa shape index (κ3) is 10.7. The molecule has 0 aromatic carbocycles. The van der Waals surface area contributed by atoms with Crippen molar-refractivity contribution in [3.63, 3.8) is 0 Å². The Bertz CT molecular complexity index is 2380. The lowest BCUT2D eigenvalue weighted by atomic mass is 9.33. The molecule has 5 aliphatic carbocycles. The summed E-state index contributed by atoms with van der Waals surface area (Å²) in [4.78, 5) is 15.4. The summed E-state index contributed by atoms with van der Waals surface area (Å²) in [5.74, 6) is -1.66. The van der Waals surface area contributed by atoms with E-state index in [9.17, 15) is 76.6 Å². The van der Waals surface area contributed by atoms with E-state index < -0.39 is 200 Å². The molecule has 0 aromatic rings. The van der Waals surface area contributed by atoms with Gasteiger partial charge in [0, 0.05) is 5.92 Å². The molecule has 10 aliphatic rings. The molecule has 0 aromatic heterocycles. The maximum absolute atomic E-state index is 15.4. The van der Waals surface area contributed by atoms with Crippen LogP contribution in [0.15, 0.2) is 11.6 Å². The van der Waals surface area contributed by atoms with Gasteiger partial charge >= 0.3 is 5.97 Å². The van der Waals surface area contributed by atoms with Crippen LogP contribution in [-0.4, -0.2) is 262 Å². The van der Waals surface area contributed by atoms with Gasteiger partial charge in [-0.1, -0.05) is 53.2 Å². The number of hydrogen-bond acceptors (Lipinski definition) is 26. The molecule has 0 spiro atoms. The van der Waals surface area contributed by atoms with E-state index >= 15 is 4.79 Å². The topological polar surface area (TPSA) is 413 Å². The van der Waals surface area contributed by atoms with Crippen molar-refractivity contribution in [2.24, 2.45) is 50.7 Å². The van der Waals surface area contributed by atoms with Gasteiger partial charge in [-0.2, -0.15) is 0 Å². The molecule has 0 amide bonds. The SMILES string of the molecule is C[C@@H]1O[C@@H](O[C@H]2[C@H](OC(=O)[C@]34CC[C@@H](C)[C@@](C)(O)[C@H]3C3=CC[C@@H]5[C@@]6(C)CCC(O[C@@H]7OC[C@H](O)[C@H](O[C@@H]8O[C@H](CO)[C@@H](O)[C@H](O)[C@H]8O)[C@H]7O[C@@H]7O[C@@H](C)[C@H](O)[C@@H](O)[C@H]7O)C(C)(C)[C@@H]6CC[C@@]5(C)[C@]3(C)CC4)O[C@H](CO)[C@@H](O)[C@@H]2O)[C@H](O)[C@H](O)[C@H]1O. The second-order valence-corrected chi connectivity index (χ2v) is 28.3. The van der Waals surface area contributed by atoms with E-state index in [1.54, 1.807) is 6.92 Å². The lowest BCUT2D eigenvalue weighted by molar-refractivity contribution is -0.388.